The number of ether oxygens (including phenoxy) is 4. The van der Waals surface area contributed by atoms with E-state index in [0.29, 0.717) is 13.2 Å². The van der Waals surface area contributed by atoms with E-state index >= 15 is 0 Å². The van der Waals surface area contributed by atoms with Crippen LogP contribution >= 0.6 is 0 Å². The predicted molar refractivity (Wildman–Crippen MR) is 66.4 cm³/mol. The Hall–Kier alpha value is -2.04. The van der Waals surface area contributed by atoms with Gasteiger partial charge in [0, 0.05) is 11.1 Å². The zero-order valence-corrected chi connectivity index (χ0v) is 10.2. The lowest BCUT2D eigenvalue weighted by molar-refractivity contribution is -0.461. The van der Waals surface area contributed by atoms with Crippen LogP contribution in [0.25, 0.3) is 0 Å². The van der Waals surface area contributed by atoms with Gasteiger partial charge in [-0.1, -0.05) is 36.4 Å². The molecule has 0 saturated carbocycles. The Morgan fingerprint density at radius 1 is 0.684 bits per heavy atom. The van der Waals surface area contributed by atoms with Gasteiger partial charge >= 0.3 is 6.16 Å². The Morgan fingerprint density at radius 2 is 1.16 bits per heavy atom. The van der Waals surface area contributed by atoms with E-state index < -0.39 is 6.16 Å². The van der Waals surface area contributed by atoms with Gasteiger partial charge in [0.1, 0.15) is 11.5 Å². The molecule has 0 fully saturated rings. The van der Waals surface area contributed by atoms with E-state index in [1.165, 1.54) is 0 Å². The van der Waals surface area contributed by atoms with Gasteiger partial charge in [0.05, 0.1) is 13.2 Å². The monoisotopic (exact) mass is 256 g/mol. The molecule has 0 aromatic heterocycles. The molecular weight excluding hydrogens is 244 g/mol. The maximum absolute atomic E-state index is 5.75. The maximum Gasteiger partial charge on any atom is 0.510 e. The fourth-order valence-corrected chi connectivity index (χ4v) is 2.23. The number of rotatable bonds is 0. The Bertz CT molecular complexity index is 568. The van der Waals surface area contributed by atoms with Crippen LogP contribution in [0.3, 0.4) is 0 Å². The van der Waals surface area contributed by atoms with Crippen molar-refractivity contribution in [1.82, 2.24) is 0 Å². The number of hydrogen-bond donors (Lipinski definition) is 0. The van der Waals surface area contributed by atoms with Crippen molar-refractivity contribution in [3.05, 3.63) is 59.7 Å². The minimum absolute atomic E-state index is 0.401. The third-order valence-corrected chi connectivity index (χ3v) is 3.22. The molecule has 0 amide bonds. The average Bonchev–Trinajstić information content (AvgIpc) is 2.47. The first-order valence-electron chi connectivity index (χ1n) is 6.16. The van der Waals surface area contributed by atoms with Crippen molar-refractivity contribution in [2.24, 2.45) is 0 Å². The van der Waals surface area contributed by atoms with Crippen molar-refractivity contribution in [2.45, 2.75) is 19.4 Å². The molecule has 0 saturated heterocycles. The summed E-state index contributed by atoms with van der Waals surface area (Å²) in [6, 6.07) is 15.4. The Morgan fingerprint density at radius 3 is 1.68 bits per heavy atom. The summed E-state index contributed by atoms with van der Waals surface area (Å²) in [5, 5.41) is 0. The molecule has 19 heavy (non-hydrogen) atoms. The van der Waals surface area contributed by atoms with Crippen molar-refractivity contribution < 1.29 is 18.9 Å². The van der Waals surface area contributed by atoms with E-state index in [2.05, 4.69) is 0 Å². The van der Waals surface area contributed by atoms with Gasteiger partial charge in [-0.3, -0.25) is 9.47 Å². The van der Waals surface area contributed by atoms with Crippen LogP contribution < -0.4 is 9.47 Å². The molecule has 0 unspecified atom stereocenters. The van der Waals surface area contributed by atoms with Crippen molar-refractivity contribution in [2.75, 3.05) is 0 Å². The van der Waals surface area contributed by atoms with Gasteiger partial charge in [0.2, 0.25) is 0 Å². The first-order chi connectivity index (χ1) is 9.35. The molecule has 1 spiro atoms. The molecule has 0 bridgehead atoms. The molecule has 2 aromatic carbocycles. The van der Waals surface area contributed by atoms with Crippen molar-refractivity contribution in [3.8, 4) is 11.5 Å². The second kappa shape index (κ2) is 3.98. The van der Waals surface area contributed by atoms with Crippen LogP contribution in [0.5, 0.6) is 11.5 Å². The Balaban J connectivity index is 1.68. The van der Waals surface area contributed by atoms with Gasteiger partial charge in [0.25, 0.3) is 0 Å². The summed E-state index contributed by atoms with van der Waals surface area (Å²) in [6.07, 6.45) is -1.46. The van der Waals surface area contributed by atoms with Crippen LogP contribution in [-0.4, -0.2) is 6.16 Å². The molecule has 2 aromatic rings. The minimum Gasteiger partial charge on any atom is -0.406 e. The van der Waals surface area contributed by atoms with Crippen LogP contribution in [0.2, 0.25) is 0 Å². The average molecular weight is 256 g/mol. The maximum atomic E-state index is 5.75. The summed E-state index contributed by atoms with van der Waals surface area (Å²) in [4.78, 5) is 0. The van der Waals surface area contributed by atoms with Crippen molar-refractivity contribution in [1.29, 1.82) is 0 Å². The fourth-order valence-electron chi connectivity index (χ4n) is 2.23. The summed E-state index contributed by atoms with van der Waals surface area (Å²) in [5.41, 5.74) is 1.97. The zero-order chi connectivity index (χ0) is 12.7. The predicted octanol–water partition coefficient (Wildman–Crippen LogP) is 2.82. The SMILES string of the molecule is c1ccc2c(c1)COC1(OCc3ccccc3O1)O2. The Labute approximate surface area is 110 Å². The third-order valence-electron chi connectivity index (χ3n) is 3.22. The summed E-state index contributed by atoms with van der Waals surface area (Å²) >= 11 is 0. The topological polar surface area (TPSA) is 36.9 Å². The van der Waals surface area contributed by atoms with E-state index in [-0.39, 0.29) is 0 Å². The molecular formula is C15H12O4. The number of benzene rings is 2. The molecule has 0 aliphatic carbocycles. The van der Waals surface area contributed by atoms with Crippen LogP contribution in [0.15, 0.2) is 48.5 Å². The number of fused-ring (bicyclic) bond motifs is 2. The van der Waals surface area contributed by atoms with E-state index in [4.69, 9.17) is 18.9 Å². The lowest BCUT2D eigenvalue weighted by Gasteiger charge is -2.38. The highest BCUT2D eigenvalue weighted by Gasteiger charge is 2.45. The van der Waals surface area contributed by atoms with Gasteiger partial charge in [-0.2, -0.15) is 0 Å². The van der Waals surface area contributed by atoms with Crippen LogP contribution in [0.1, 0.15) is 11.1 Å². The molecule has 96 valence electrons. The van der Waals surface area contributed by atoms with E-state index in [0.717, 1.165) is 22.6 Å². The molecule has 2 aliphatic rings. The molecule has 4 rings (SSSR count). The van der Waals surface area contributed by atoms with E-state index in [1.54, 1.807) is 0 Å². The summed E-state index contributed by atoms with van der Waals surface area (Å²) in [6.45, 7) is 0.802. The second-order valence-electron chi connectivity index (χ2n) is 4.50. The molecule has 0 N–H and O–H groups in total. The van der Waals surface area contributed by atoms with Gasteiger partial charge in [0.15, 0.2) is 0 Å². The minimum atomic E-state index is -1.46. The molecule has 4 heteroatoms. The molecule has 4 nitrogen and oxygen atoms in total. The van der Waals surface area contributed by atoms with Crippen LogP contribution in [0.4, 0.5) is 0 Å². The van der Waals surface area contributed by atoms with Crippen molar-refractivity contribution in [3.63, 3.8) is 0 Å². The Kier molecular flexibility index (Phi) is 2.27. The summed E-state index contributed by atoms with van der Waals surface area (Å²) in [5.74, 6) is 1.46. The third kappa shape index (κ3) is 1.77. The second-order valence-corrected chi connectivity index (χ2v) is 4.50. The van der Waals surface area contributed by atoms with E-state index in [9.17, 15) is 0 Å². The van der Waals surface area contributed by atoms with Gasteiger partial charge in [-0.15, -0.1) is 0 Å². The highest BCUT2D eigenvalue weighted by atomic mass is 17.0. The van der Waals surface area contributed by atoms with Crippen LogP contribution in [-0.2, 0) is 22.7 Å². The van der Waals surface area contributed by atoms with Gasteiger partial charge < -0.3 is 9.47 Å². The first-order valence-corrected chi connectivity index (χ1v) is 6.16. The highest BCUT2D eigenvalue weighted by molar-refractivity contribution is 5.36. The van der Waals surface area contributed by atoms with Gasteiger partial charge in [-0.25, -0.2) is 0 Å². The fraction of sp³-hybridized carbons (Fsp3) is 0.200. The largest absolute Gasteiger partial charge is 0.510 e. The molecule has 2 aliphatic heterocycles. The smallest absolute Gasteiger partial charge is 0.406 e. The summed E-state index contributed by atoms with van der Waals surface area (Å²) in [7, 11) is 0. The lowest BCUT2D eigenvalue weighted by Crippen LogP contribution is -2.51. The first kappa shape index (κ1) is 10.8. The zero-order valence-electron chi connectivity index (χ0n) is 10.2. The lowest BCUT2D eigenvalue weighted by atomic mass is 10.2. The highest BCUT2D eigenvalue weighted by Crippen LogP contribution is 2.38. The van der Waals surface area contributed by atoms with Gasteiger partial charge in [-0.05, 0) is 12.1 Å². The molecule has 2 heterocycles. The quantitative estimate of drug-likeness (QED) is 0.726. The van der Waals surface area contributed by atoms with E-state index in [1.807, 2.05) is 48.5 Å². The van der Waals surface area contributed by atoms with Crippen LogP contribution in [0, 0.1) is 0 Å². The number of hydrogen-bond acceptors (Lipinski definition) is 4. The molecule has 0 atom stereocenters. The normalized spacial score (nSPS) is 18.9. The standard InChI is InChI=1S/C15H12O4/c1-3-7-13-11(5-1)9-16-15(18-13)17-10-12-6-2-4-8-14(12)19-15/h1-8H,9-10H2. The summed E-state index contributed by atoms with van der Waals surface area (Å²) < 4.78 is 22.7. The van der Waals surface area contributed by atoms with Crippen molar-refractivity contribution >= 4 is 0 Å². The molecule has 0 radical (unpaired) electrons. The number of para-hydroxylation sites is 2.